The van der Waals surface area contributed by atoms with E-state index >= 15 is 0 Å². The topological polar surface area (TPSA) is 58.6 Å². The highest BCUT2D eigenvalue weighted by Gasteiger charge is 2.29. The zero-order valence-corrected chi connectivity index (χ0v) is 17.2. The average Bonchev–Trinajstić information content (AvgIpc) is 2.73. The lowest BCUT2D eigenvalue weighted by molar-refractivity contribution is -0.143. The van der Waals surface area contributed by atoms with E-state index in [4.69, 9.17) is 4.74 Å². The summed E-state index contributed by atoms with van der Waals surface area (Å²) in [6, 6.07) is 14.4. The van der Waals surface area contributed by atoms with Crippen molar-refractivity contribution in [2.75, 3.05) is 6.61 Å². The molecule has 0 fully saturated rings. The first-order valence-electron chi connectivity index (χ1n) is 9.96. The number of para-hydroxylation sites is 1. The van der Waals surface area contributed by atoms with E-state index in [9.17, 15) is 14.0 Å². The zero-order chi connectivity index (χ0) is 21.2. The molecule has 0 heterocycles. The summed E-state index contributed by atoms with van der Waals surface area (Å²) in [7, 11) is 0. The number of carbonyl (C=O) groups excluding carboxylic acids is 2. The third-order valence-corrected chi connectivity index (χ3v) is 4.76. The van der Waals surface area contributed by atoms with Crippen molar-refractivity contribution in [3.8, 4) is 5.75 Å². The molecule has 0 spiro atoms. The Morgan fingerprint density at radius 3 is 2.28 bits per heavy atom. The van der Waals surface area contributed by atoms with Crippen molar-refractivity contribution in [1.82, 2.24) is 10.2 Å². The molecule has 2 aromatic rings. The highest BCUT2D eigenvalue weighted by Crippen LogP contribution is 2.15. The molecule has 2 amide bonds. The number of halogens is 1. The fraction of sp³-hybridized carbons (Fsp3) is 0.391. The number of carbonyl (C=O) groups is 2. The van der Waals surface area contributed by atoms with Gasteiger partial charge in [0.25, 0.3) is 5.91 Å². The lowest BCUT2D eigenvalue weighted by Crippen LogP contribution is -2.51. The molecule has 2 rings (SSSR count). The molecule has 0 aliphatic rings. The van der Waals surface area contributed by atoms with Crippen LogP contribution in [0.1, 0.15) is 39.2 Å². The quantitative estimate of drug-likeness (QED) is 0.657. The van der Waals surface area contributed by atoms with Crippen LogP contribution in [0, 0.1) is 5.82 Å². The van der Waals surface area contributed by atoms with E-state index in [1.54, 1.807) is 24.3 Å². The summed E-state index contributed by atoms with van der Waals surface area (Å²) in [5, 5.41) is 2.95. The van der Waals surface area contributed by atoms with Gasteiger partial charge < -0.3 is 15.0 Å². The minimum absolute atomic E-state index is 0.0138. The molecule has 0 saturated heterocycles. The number of benzene rings is 2. The minimum atomic E-state index is -0.638. The molecule has 0 bridgehead atoms. The molecule has 29 heavy (non-hydrogen) atoms. The Morgan fingerprint density at radius 2 is 1.69 bits per heavy atom. The van der Waals surface area contributed by atoms with Gasteiger partial charge in [0.1, 0.15) is 17.6 Å². The summed E-state index contributed by atoms with van der Waals surface area (Å²) in [4.78, 5) is 27.3. The smallest absolute Gasteiger partial charge is 0.261 e. The second-order valence-corrected chi connectivity index (χ2v) is 6.99. The van der Waals surface area contributed by atoms with E-state index in [2.05, 4.69) is 5.32 Å². The first-order valence-corrected chi connectivity index (χ1v) is 9.96. The number of amides is 2. The van der Waals surface area contributed by atoms with Crippen LogP contribution in [0.25, 0.3) is 0 Å². The van der Waals surface area contributed by atoms with Gasteiger partial charge in [-0.1, -0.05) is 44.2 Å². The fourth-order valence-corrected chi connectivity index (χ4v) is 2.89. The van der Waals surface area contributed by atoms with Gasteiger partial charge in [0, 0.05) is 12.6 Å². The summed E-state index contributed by atoms with van der Waals surface area (Å²) in [6.07, 6.45) is 1.26. The summed E-state index contributed by atoms with van der Waals surface area (Å²) in [5.74, 6) is -0.262. The average molecular weight is 400 g/mol. The summed E-state index contributed by atoms with van der Waals surface area (Å²) in [5.41, 5.74) is 0.745. The largest absolute Gasteiger partial charge is 0.484 e. The molecular formula is C23H29FN2O3. The van der Waals surface area contributed by atoms with E-state index in [0.29, 0.717) is 12.2 Å². The van der Waals surface area contributed by atoms with Gasteiger partial charge in [-0.3, -0.25) is 9.59 Å². The number of hydrogen-bond acceptors (Lipinski definition) is 3. The van der Waals surface area contributed by atoms with Gasteiger partial charge >= 0.3 is 0 Å². The molecule has 0 aliphatic heterocycles. The predicted molar refractivity (Wildman–Crippen MR) is 111 cm³/mol. The summed E-state index contributed by atoms with van der Waals surface area (Å²) >= 11 is 0. The first-order chi connectivity index (χ1) is 13.9. The van der Waals surface area contributed by atoms with Crippen molar-refractivity contribution in [3.05, 3.63) is 66.0 Å². The van der Waals surface area contributed by atoms with E-state index in [1.807, 2.05) is 39.0 Å². The maximum absolute atomic E-state index is 13.3. The van der Waals surface area contributed by atoms with Crippen LogP contribution in [0.15, 0.2) is 54.6 Å². The van der Waals surface area contributed by atoms with Gasteiger partial charge in [-0.25, -0.2) is 4.39 Å². The van der Waals surface area contributed by atoms with Crippen molar-refractivity contribution in [2.45, 2.75) is 52.2 Å². The summed E-state index contributed by atoms with van der Waals surface area (Å²) in [6.45, 7) is 5.79. The standard InChI is InChI=1S/C23H29FN2O3/c1-4-17(3)25-23(28)21(5-2)26(15-18-11-13-19(24)14-12-18)22(27)16-29-20-9-7-6-8-10-20/h6-14,17,21H,4-5,15-16H2,1-3H3,(H,25,28)/t17-,21-/m1/s1. The van der Waals surface area contributed by atoms with Crippen LogP contribution in [-0.4, -0.2) is 35.4 Å². The van der Waals surface area contributed by atoms with Gasteiger partial charge in [0.15, 0.2) is 6.61 Å². The Bertz CT molecular complexity index is 780. The molecule has 0 radical (unpaired) electrons. The van der Waals surface area contributed by atoms with Crippen LogP contribution in [-0.2, 0) is 16.1 Å². The monoisotopic (exact) mass is 400 g/mol. The molecule has 0 aromatic heterocycles. The molecule has 2 aromatic carbocycles. The van der Waals surface area contributed by atoms with Crippen molar-refractivity contribution in [3.63, 3.8) is 0 Å². The molecule has 0 aliphatic carbocycles. The van der Waals surface area contributed by atoms with Crippen molar-refractivity contribution < 1.29 is 18.7 Å². The lowest BCUT2D eigenvalue weighted by atomic mass is 10.1. The summed E-state index contributed by atoms with van der Waals surface area (Å²) < 4.78 is 18.9. The van der Waals surface area contributed by atoms with Crippen LogP contribution < -0.4 is 10.1 Å². The molecule has 156 valence electrons. The predicted octanol–water partition coefficient (Wildman–Crippen LogP) is 3.93. The van der Waals surface area contributed by atoms with Crippen LogP contribution >= 0.6 is 0 Å². The molecule has 5 nitrogen and oxygen atoms in total. The SMILES string of the molecule is CC[C@@H](C)NC(=O)[C@@H](CC)N(Cc1ccc(F)cc1)C(=O)COc1ccccc1. The van der Waals surface area contributed by atoms with Crippen molar-refractivity contribution in [2.24, 2.45) is 0 Å². The van der Waals surface area contributed by atoms with Crippen molar-refractivity contribution >= 4 is 11.8 Å². The Kier molecular flexibility index (Phi) is 8.65. The van der Waals surface area contributed by atoms with Crippen LogP contribution in [0.2, 0.25) is 0 Å². The Morgan fingerprint density at radius 1 is 1.03 bits per heavy atom. The van der Waals surface area contributed by atoms with Crippen LogP contribution in [0.3, 0.4) is 0 Å². The maximum atomic E-state index is 13.3. The molecule has 2 atom stereocenters. The number of nitrogens with zero attached hydrogens (tertiary/aromatic N) is 1. The maximum Gasteiger partial charge on any atom is 0.261 e. The van der Waals surface area contributed by atoms with Gasteiger partial charge in [-0.15, -0.1) is 0 Å². The van der Waals surface area contributed by atoms with Gasteiger partial charge in [0.05, 0.1) is 0 Å². The lowest BCUT2D eigenvalue weighted by Gasteiger charge is -2.31. The van der Waals surface area contributed by atoms with Gasteiger partial charge in [-0.2, -0.15) is 0 Å². The van der Waals surface area contributed by atoms with E-state index < -0.39 is 6.04 Å². The van der Waals surface area contributed by atoms with Crippen LogP contribution in [0.5, 0.6) is 5.75 Å². The molecule has 6 heteroatoms. The van der Waals surface area contributed by atoms with E-state index in [0.717, 1.165) is 12.0 Å². The normalized spacial score (nSPS) is 12.7. The van der Waals surface area contributed by atoms with E-state index in [1.165, 1.54) is 17.0 Å². The minimum Gasteiger partial charge on any atom is -0.484 e. The van der Waals surface area contributed by atoms with E-state index in [-0.39, 0.29) is 36.8 Å². The number of ether oxygens (including phenoxy) is 1. The zero-order valence-electron chi connectivity index (χ0n) is 17.2. The third-order valence-electron chi connectivity index (χ3n) is 4.76. The molecule has 0 saturated carbocycles. The van der Waals surface area contributed by atoms with Crippen LogP contribution in [0.4, 0.5) is 4.39 Å². The second-order valence-electron chi connectivity index (χ2n) is 6.99. The highest BCUT2D eigenvalue weighted by molar-refractivity contribution is 5.88. The molecule has 1 N–H and O–H groups in total. The van der Waals surface area contributed by atoms with Gasteiger partial charge in [0.2, 0.25) is 5.91 Å². The number of nitrogens with one attached hydrogen (secondary N) is 1. The first kappa shape index (κ1) is 22.4. The second kappa shape index (κ2) is 11.2. The fourth-order valence-electron chi connectivity index (χ4n) is 2.89. The Balaban J connectivity index is 2.19. The van der Waals surface area contributed by atoms with Crippen molar-refractivity contribution in [1.29, 1.82) is 0 Å². The molecule has 0 unspecified atom stereocenters. The van der Waals surface area contributed by atoms with Gasteiger partial charge in [-0.05, 0) is 49.6 Å². The Labute approximate surface area is 171 Å². The third kappa shape index (κ3) is 6.89. The highest BCUT2D eigenvalue weighted by atomic mass is 19.1. The Hall–Kier alpha value is -2.89. The number of rotatable bonds is 10. The number of hydrogen-bond donors (Lipinski definition) is 1. The molecular weight excluding hydrogens is 371 g/mol.